The summed E-state index contributed by atoms with van der Waals surface area (Å²) in [5, 5.41) is 4.00. The molecule has 1 saturated heterocycles. The van der Waals surface area contributed by atoms with Crippen LogP contribution in [0, 0.1) is 0 Å². The van der Waals surface area contributed by atoms with E-state index in [0.29, 0.717) is 18.9 Å². The van der Waals surface area contributed by atoms with Gasteiger partial charge >= 0.3 is 0 Å². The summed E-state index contributed by atoms with van der Waals surface area (Å²) in [5.41, 5.74) is 0.812. The number of amides is 1. The summed E-state index contributed by atoms with van der Waals surface area (Å²) in [6.07, 6.45) is 5.78. The first-order chi connectivity index (χ1) is 12.1. The Kier molecular flexibility index (Phi) is 5.53. The van der Waals surface area contributed by atoms with Crippen molar-refractivity contribution < 1.29 is 14.1 Å². The highest BCUT2D eigenvalue weighted by molar-refractivity contribution is 5.91. The predicted octanol–water partition coefficient (Wildman–Crippen LogP) is 2.66. The molecule has 25 heavy (non-hydrogen) atoms. The molecule has 1 aliphatic heterocycles. The Labute approximate surface area is 148 Å². The quantitative estimate of drug-likeness (QED) is 0.804. The third-order valence-corrected chi connectivity index (χ3v) is 4.69. The minimum Gasteiger partial charge on any atom is -0.383 e. The van der Waals surface area contributed by atoms with Gasteiger partial charge in [0.25, 0.3) is 5.91 Å². The Morgan fingerprint density at radius 3 is 3.04 bits per heavy atom. The SMILES string of the molecule is COCCn1ccnc1[C@H]1CCCN(C(=O)c2cc(C(C)C)no2)C1. The number of hydrogen-bond acceptors (Lipinski definition) is 5. The van der Waals surface area contributed by atoms with Crippen molar-refractivity contribution in [3.8, 4) is 0 Å². The lowest BCUT2D eigenvalue weighted by Gasteiger charge is -2.32. The molecule has 0 bridgehead atoms. The Bertz CT molecular complexity index is 707. The summed E-state index contributed by atoms with van der Waals surface area (Å²) in [6.45, 7) is 6.88. The fourth-order valence-corrected chi connectivity index (χ4v) is 3.25. The molecule has 3 heterocycles. The molecular weight excluding hydrogens is 320 g/mol. The molecule has 2 aromatic rings. The molecule has 0 spiro atoms. The van der Waals surface area contributed by atoms with Crippen molar-refractivity contribution in [3.05, 3.63) is 35.7 Å². The van der Waals surface area contributed by atoms with Crippen molar-refractivity contribution in [3.63, 3.8) is 0 Å². The van der Waals surface area contributed by atoms with Crippen LogP contribution in [0.3, 0.4) is 0 Å². The lowest BCUT2D eigenvalue weighted by Crippen LogP contribution is -2.39. The van der Waals surface area contributed by atoms with E-state index in [2.05, 4.69) is 14.7 Å². The van der Waals surface area contributed by atoms with Gasteiger partial charge in [-0.1, -0.05) is 19.0 Å². The molecule has 0 aliphatic carbocycles. The summed E-state index contributed by atoms with van der Waals surface area (Å²) in [4.78, 5) is 19.1. The molecule has 7 heteroatoms. The van der Waals surface area contributed by atoms with E-state index < -0.39 is 0 Å². The summed E-state index contributed by atoms with van der Waals surface area (Å²) < 4.78 is 12.5. The van der Waals surface area contributed by atoms with Crippen molar-refractivity contribution in [2.75, 3.05) is 26.8 Å². The van der Waals surface area contributed by atoms with Gasteiger partial charge in [-0.15, -0.1) is 0 Å². The molecule has 2 aromatic heterocycles. The van der Waals surface area contributed by atoms with Gasteiger partial charge < -0.3 is 18.7 Å². The van der Waals surface area contributed by atoms with Gasteiger partial charge in [0.15, 0.2) is 0 Å². The second-order valence-corrected chi connectivity index (χ2v) is 6.83. The van der Waals surface area contributed by atoms with Crippen molar-refractivity contribution in [1.82, 2.24) is 19.6 Å². The number of rotatable bonds is 6. The number of carbonyl (C=O) groups excluding carboxylic acids is 1. The zero-order chi connectivity index (χ0) is 17.8. The second-order valence-electron chi connectivity index (χ2n) is 6.83. The van der Waals surface area contributed by atoms with Crippen LogP contribution in [-0.2, 0) is 11.3 Å². The highest BCUT2D eigenvalue weighted by atomic mass is 16.5. The lowest BCUT2D eigenvalue weighted by atomic mass is 9.96. The van der Waals surface area contributed by atoms with E-state index in [1.165, 1.54) is 0 Å². The van der Waals surface area contributed by atoms with E-state index >= 15 is 0 Å². The monoisotopic (exact) mass is 346 g/mol. The minimum absolute atomic E-state index is 0.0842. The van der Waals surface area contributed by atoms with E-state index in [0.717, 1.165) is 37.4 Å². The molecule has 1 amide bonds. The maximum absolute atomic E-state index is 12.8. The van der Waals surface area contributed by atoms with Gasteiger partial charge in [-0.25, -0.2) is 4.98 Å². The normalized spacial score (nSPS) is 18.1. The third kappa shape index (κ3) is 3.92. The van der Waals surface area contributed by atoms with E-state index in [-0.39, 0.29) is 17.7 Å². The van der Waals surface area contributed by atoms with Crippen LogP contribution in [0.25, 0.3) is 0 Å². The number of piperidine rings is 1. The Morgan fingerprint density at radius 2 is 2.32 bits per heavy atom. The van der Waals surface area contributed by atoms with Crippen LogP contribution in [0.4, 0.5) is 0 Å². The fourth-order valence-electron chi connectivity index (χ4n) is 3.25. The van der Waals surface area contributed by atoms with Crippen LogP contribution in [0.15, 0.2) is 23.0 Å². The van der Waals surface area contributed by atoms with E-state index in [4.69, 9.17) is 9.26 Å². The number of nitrogens with zero attached hydrogens (tertiary/aromatic N) is 4. The maximum atomic E-state index is 12.8. The average Bonchev–Trinajstić information content (AvgIpc) is 3.28. The summed E-state index contributed by atoms with van der Waals surface area (Å²) in [7, 11) is 1.69. The topological polar surface area (TPSA) is 73.4 Å². The highest BCUT2D eigenvalue weighted by Crippen LogP contribution is 2.27. The molecule has 0 saturated carbocycles. The number of hydrogen-bond donors (Lipinski definition) is 0. The largest absolute Gasteiger partial charge is 0.383 e. The number of imidazole rings is 1. The van der Waals surface area contributed by atoms with Crippen LogP contribution in [0.5, 0.6) is 0 Å². The van der Waals surface area contributed by atoms with Gasteiger partial charge in [0.05, 0.1) is 12.3 Å². The van der Waals surface area contributed by atoms with E-state index in [9.17, 15) is 4.79 Å². The molecule has 0 unspecified atom stereocenters. The average molecular weight is 346 g/mol. The molecule has 0 radical (unpaired) electrons. The Balaban J connectivity index is 1.70. The zero-order valence-electron chi connectivity index (χ0n) is 15.1. The molecule has 0 N–H and O–H groups in total. The molecule has 1 atom stereocenters. The number of ether oxygens (including phenoxy) is 1. The van der Waals surface area contributed by atoms with Gasteiger partial charge in [0, 0.05) is 51.1 Å². The second kappa shape index (κ2) is 7.82. The molecule has 0 aromatic carbocycles. The van der Waals surface area contributed by atoms with Crippen LogP contribution >= 0.6 is 0 Å². The summed E-state index contributed by atoms with van der Waals surface area (Å²) in [6, 6.07) is 1.76. The number of likely N-dealkylation sites (tertiary alicyclic amines) is 1. The summed E-state index contributed by atoms with van der Waals surface area (Å²) >= 11 is 0. The molecular formula is C18H26N4O3. The highest BCUT2D eigenvalue weighted by Gasteiger charge is 2.29. The Morgan fingerprint density at radius 1 is 1.48 bits per heavy atom. The first-order valence-electron chi connectivity index (χ1n) is 8.86. The van der Waals surface area contributed by atoms with E-state index in [1.807, 2.05) is 31.1 Å². The van der Waals surface area contributed by atoms with Crippen LogP contribution in [0.2, 0.25) is 0 Å². The smallest absolute Gasteiger partial charge is 0.292 e. The van der Waals surface area contributed by atoms with E-state index in [1.54, 1.807) is 13.2 Å². The molecule has 1 fully saturated rings. The molecule has 1 aliphatic rings. The minimum atomic E-state index is -0.0842. The van der Waals surface area contributed by atoms with Crippen molar-refractivity contribution in [2.24, 2.45) is 0 Å². The first kappa shape index (κ1) is 17.7. The predicted molar refractivity (Wildman–Crippen MR) is 92.6 cm³/mol. The molecule has 136 valence electrons. The zero-order valence-corrected chi connectivity index (χ0v) is 15.1. The maximum Gasteiger partial charge on any atom is 0.292 e. The molecule has 3 rings (SSSR count). The molecule has 7 nitrogen and oxygen atoms in total. The van der Waals surface area contributed by atoms with Gasteiger partial charge in [0.1, 0.15) is 5.82 Å². The standard InChI is InChI=1S/C18H26N4O3/c1-13(2)15-11-16(25-20-15)18(23)22-7-4-5-14(12-22)17-19-6-8-21(17)9-10-24-3/h6,8,11,13-14H,4-5,7,9-10,12H2,1-3H3/t14-/m0/s1. The summed E-state index contributed by atoms with van der Waals surface area (Å²) in [5.74, 6) is 1.74. The van der Waals surface area contributed by atoms with Crippen molar-refractivity contribution in [1.29, 1.82) is 0 Å². The van der Waals surface area contributed by atoms with Gasteiger partial charge in [-0.3, -0.25) is 4.79 Å². The number of aromatic nitrogens is 3. The third-order valence-electron chi connectivity index (χ3n) is 4.69. The fraction of sp³-hybridized carbons (Fsp3) is 0.611. The van der Waals surface area contributed by atoms with Crippen molar-refractivity contribution >= 4 is 5.91 Å². The van der Waals surface area contributed by atoms with Gasteiger partial charge in [-0.05, 0) is 18.8 Å². The first-order valence-corrected chi connectivity index (χ1v) is 8.86. The number of carbonyl (C=O) groups is 1. The van der Waals surface area contributed by atoms with Gasteiger partial charge in [0.2, 0.25) is 5.76 Å². The van der Waals surface area contributed by atoms with Crippen LogP contribution in [0.1, 0.15) is 60.6 Å². The number of methoxy groups -OCH3 is 1. The van der Waals surface area contributed by atoms with Crippen LogP contribution in [-0.4, -0.2) is 52.3 Å². The van der Waals surface area contributed by atoms with Gasteiger partial charge in [-0.2, -0.15) is 0 Å². The lowest BCUT2D eigenvalue weighted by molar-refractivity contribution is 0.0660. The van der Waals surface area contributed by atoms with Crippen LogP contribution < -0.4 is 0 Å². The van der Waals surface area contributed by atoms with Crippen molar-refractivity contribution in [2.45, 2.75) is 45.1 Å². The Hall–Kier alpha value is -2.15.